The van der Waals surface area contributed by atoms with Crippen LogP contribution in [0.1, 0.15) is 41.4 Å². The van der Waals surface area contributed by atoms with Crippen LogP contribution in [-0.2, 0) is 22.0 Å². The van der Waals surface area contributed by atoms with Crippen LogP contribution in [0.4, 0.5) is 13.2 Å². The number of ether oxygens (including phenoxy) is 2. The highest BCUT2D eigenvalue weighted by Gasteiger charge is 2.33. The van der Waals surface area contributed by atoms with E-state index in [0.717, 1.165) is 40.6 Å². The summed E-state index contributed by atoms with van der Waals surface area (Å²) >= 11 is 0. The minimum absolute atomic E-state index is 0.0404. The van der Waals surface area contributed by atoms with Gasteiger partial charge in [0, 0.05) is 30.3 Å². The number of H-pyrrole nitrogens is 1. The maximum atomic E-state index is 13.1. The summed E-state index contributed by atoms with van der Waals surface area (Å²) in [4.78, 5) is 13.1. The molecule has 0 atom stereocenters. The molecule has 1 saturated heterocycles. The lowest BCUT2D eigenvalue weighted by molar-refractivity contribution is -0.137. The van der Waals surface area contributed by atoms with E-state index in [2.05, 4.69) is 9.97 Å². The first kappa shape index (κ1) is 27.3. The van der Waals surface area contributed by atoms with E-state index in [0.29, 0.717) is 30.0 Å². The third-order valence-corrected chi connectivity index (χ3v) is 9.20. The van der Waals surface area contributed by atoms with Gasteiger partial charge in [0.1, 0.15) is 5.82 Å². The zero-order chi connectivity index (χ0) is 28.8. The summed E-state index contributed by atoms with van der Waals surface area (Å²) in [6.07, 6.45) is -3.51. The summed E-state index contributed by atoms with van der Waals surface area (Å²) in [6, 6.07) is 15.8. The molecule has 2 aliphatic rings. The molecule has 1 fully saturated rings. The Morgan fingerprint density at radius 2 is 1.73 bits per heavy atom. The molecule has 12 heteroatoms. The van der Waals surface area contributed by atoms with Crippen LogP contribution in [0.15, 0.2) is 60.7 Å². The third-order valence-electron chi connectivity index (χ3n) is 7.35. The average Bonchev–Trinajstić information content (AvgIpc) is 3.60. The molecule has 0 unspecified atom stereocenters. The van der Waals surface area contributed by atoms with Crippen molar-refractivity contribution in [1.29, 1.82) is 0 Å². The predicted octanol–water partition coefficient (Wildman–Crippen LogP) is 5.90. The van der Waals surface area contributed by atoms with Crippen molar-refractivity contribution in [2.45, 2.75) is 37.6 Å². The molecule has 2 aliphatic heterocycles. The number of aromatic amines is 1. The number of halogens is 3. The number of pyridine rings is 1. The summed E-state index contributed by atoms with van der Waals surface area (Å²) in [5.74, 6) is 1.50. The quantitative estimate of drug-likeness (QED) is 0.303. The molecule has 2 aromatic carbocycles. The highest BCUT2D eigenvalue weighted by molar-refractivity contribution is 7.88. The number of rotatable bonds is 6. The van der Waals surface area contributed by atoms with Crippen LogP contribution in [-0.4, -0.2) is 47.6 Å². The average molecular weight is 585 g/mol. The maximum absolute atomic E-state index is 13.1. The lowest BCUT2D eigenvalue weighted by Gasteiger charge is -2.30. The lowest BCUT2D eigenvalue weighted by Crippen LogP contribution is -2.38. The Kier molecular flexibility index (Phi) is 6.98. The number of sulfonamides is 1. The van der Waals surface area contributed by atoms with Crippen molar-refractivity contribution in [1.82, 2.24) is 19.3 Å². The second kappa shape index (κ2) is 10.5. The Hall–Kier alpha value is -3.90. The largest absolute Gasteiger partial charge is 0.454 e. The van der Waals surface area contributed by atoms with Crippen LogP contribution < -0.4 is 9.47 Å². The van der Waals surface area contributed by atoms with Gasteiger partial charge in [0.2, 0.25) is 16.8 Å². The molecule has 214 valence electrons. The fraction of sp³-hybridized carbons (Fsp3) is 0.310. The van der Waals surface area contributed by atoms with Gasteiger partial charge in [-0.3, -0.25) is 4.98 Å². The van der Waals surface area contributed by atoms with E-state index in [1.165, 1.54) is 16.4 Å². The molecular formula is C29H27F3N4O4S. The number of hydrogen-bond acceptors (Lipinski definition) is 6. The standard InChI is InChI=1S/C29H27F3N4O4S/c1-18-4-2-7-23(33-18)27-26(21-8-9-24-25(15-21)40-17-39-24)34-28(35-27)20-10-12-36(13-11-20)41(37,38)16-19-5-3-6-22(14-19)29(30,31)32/h2-9,14-15,20H,10-13,16-17H2,1H3,(H,34,35). The molecular weight excluding hydrogens is 557 g/mol. The summed E-state index contributed by atoms with van der Waals surface area (Å²) < 4.78 is 77.9. The maximum Gasteiger partial charge on any atom is 0.416 e. The van der Waals surface area contributed by atoms with E-state index < -0.39 is 27.5 Å². The topological polar surface area (TPSA) is 97.4 Å². The zero-order valence-corrected chi connectivity index (χ0v) is 22.9. The number of nitrogens with zero attached hydrogens (tertiary/aromatic N) is 3. The molecule has 6 rings (SSSR count). The fourth-order valence-corrected chi connectivity index (χ4v) is 6.80. The first-order valence-electron chi connectivity index (χ1n) is 13.1. The van der Waals surface area contributed by atoms with Crippen LogP contribution in [0.25, 0.3) is 22.6 Å². The third kappa shape index (κ3) is 5.66. The van der Waals surface area contributed by atoms with Gasteiger partial charge < -0.3 is 14.5 Å². The van der Waals surface area contributed by atoms with E-state index in [1.54, 1.807) is 0 Å². The lowest BCUT2D eigenvalue weighted by atomic mass is 9.97. The van der Waals surface area contributed by atoms with Gasteiger partial charge in [-0.05, 0) is 61.7 Å². The molecule has 0 spiro atoms. The van der Waals surface area contributed by atoms with E-state index in [4.69, 9.17) is 14.5 Å². The van der Waals surface area contributed by atoms with E-state index in [-0.39, 0.29) is 31.4 Å². The fourth-order valence-electron chi connectivity index (χ4n) is 5.25. The molecule has 4 aromatic rings. The van der Waals surface area contributed by atoms with Crippen LogP contribution in [0.2, 0.25) is 0 Å². The Morgan fingerprint density at radius 1 is 0.976 bits per heavy atom. The molecule has 1 N–H and O–H groups in total. The van der Waals surface area contributed by atoms with E-state index in [1.807, 2.05) is 43.3 Å². The zero-order valence-electron chi connectivity index (χ0n) is 22.1. The van der Waals surface area contributed by atoms with E-state index in [9.17, 15) is 21.6 Å². The monoisotopic (exact) mass is 584 g/mol. The summed E-state index contributed by atoms with van der Waals surface area (Å²) in [6.45, 7) is 2.55. The van der Waals surface area contributed by atoms with Gasteiger partial charge in [0.05, 0.1) is 28.4 Å². The second-order valence-corrected chi connectivity index (χ2v) is 12.2. The number of imidazole rings is 1. The van der Waals surface area contributed by atoms with Crippen molar-refractivity contribution >= 4 is 10.0 Å². The Bertz CT molecular complexity index is 1700. The van der Waals surface area contributed by atoms with Gasteiger partial charge >= 0.3 is 6.18 Å². The Labute approximate surface area is 235 Å². The number of nitrogens with one attached hydrogen (secondary N) is 1. The number of piperidine rings is 1. The highest BCUT2D eigenvalue weighted by Crippen LogP contribution is 2.40. The van der Waals surface area contributed by atoms with Gasteiger partial charge in [-0.25, -0.2) is 17.7 Å². The van der Waals surface area contributed by atoms with Crippen molar-refractivity contribution in [3.05, 3.63) is 83.3 Å². The molecule has 8 nitrogen and oxygen atoms in total. The molecule has 41 heavy (non-hydrogen) atoms. The van der Waals surface area contributed by atoms with Crippen molar-refractivity contribution in [2.24, 2.45) is 0 Å². The van der Waals surface area contributed by atoms with Gasteiger partial charge in [0.15, 0.2) is 11.5 Å². The molecule has 2 aromatic heterocycles. The smallest absolute Gasteiger partial charge is 0.416 e. The normalized spacial score (nSPS) is 16.3. The molecule has 0 aliphatic carbocycles. The first-order chi connectivity index (χ1) is 19.6. The summed E-state index contributed by atoms with van der Waals surface area (Å²) in [7, 11) is -3.80. The molecule has 0 radical (unpaired) electrons. The van der Waals surface area contributed by atoms with Crippen molar-refractivity contribution < 1.29 is 31.1 Å². The summed E-state index contributed by atoms with van der Waals surface area (Å²) in [5, 5.41) is 0. The number of alkyl halides is 3. The van der Waals surface area contributed by atoms with Crippen molar-refractivity contribution in [3.63, 3.8) is 0 Å². The van der Waals surface area contributed by atoms with Crippen LogP contribution in [0.3, 0.4) is 0 Å². The van der Waals surface area contributed by atoms with Crippen molar-refractivity contribution in [3.8, 4) is 34.1 Å². The van der Waals surface area contributed by atoms with Crippen molar-refractivity contribution in [2.75, 3.05) is 19.9 Å². The molecule has 0 bridgehead atoms. The number of fused-ring (bicyclic) bond motifs is 1. The minimum atomic E-state index is -4.53. The molecule has 0 amide bonds. The van der Waals surface area contributed by atoms with Gasteiger partial charge in [-0.2, -0.15) is 13.2 Å². The van der Waals surface area contributed by atoms with Crippen LogP contribution in [0, 0.1) is 6.92 Å². The second-order valence-electron chi connectivity index (χ2n) is 10.2. The Balaban J connectivity index is 1.23. The molecule has 4 heterocycles. The van der Waals surface area contributed by atoms with Gasteiger partial charge in [-0.1, -0.05) is 24.3 Å². The number of aryl methyl sites for hydroxylation is 1. The van der Waals surface area contributed by atoms with Gasteiger partial charge in [-0.15, -0.1) is 0 Å². The van der Waals surface area contributed by atoms with Crippen LogP contribution >= 0.6 is 0 Å². The first-order valence-corrected chi connectivity index (χ1v) is 14.8. The molecule has 0 saturated carbocycles. The minimum Gasteiger partial charge on any atom is -0.454 e. The van der Waals surface area contributed by atoms with Gasteiger partial charge in [0.25, 0.3) is 0 Å². The predicted molar refractivity (Wildman–Crippen MR) is 146 cm³/mol. The van der Waals surface area contributed by atoms with E-state index >= 15 is 0 Å². The highest BCUT2D eigenvalue weighted by atomic mass is 32.2. The summed E-state index contributed by atoms with van der Waals surface area (Å²) in [5.41, 5.74) is 3.12. The van der Waals surface area contributed by atoms with Crippen LogP contribution in [0.5, 0.6) is 11.5 Å². The number of benzene rings is 2. The SMILES string of the molecule is Cc1cccc(-c2[nH]c(C3CCN(S(=O)(=O)Cc4cccc(C(F)(F)F)c4)CC3)nc2-c2ccc3c(c2)OCO3)n1. The number of aromatic nitrogens is 3. The Morgan fingerprint density at radius 3 is 2.49 bits per heavy atom. The number of hydrogen-bond donors (Lipinski definition) is 1.